The summed E-state index contributed by atoms with van der Waals surface area (Å²) in [6, 6.07) is 15.4. The molecule has 208 valence electrons. The van der Waals surface area contributed by atoms with Crippen LogP contribution in [0, 0.1) is 5.92 Å². The van der Waals surface area contributed by atoms with Crippen molar-refractivity contribution in [1.82, 2.24) is 19.7 Å². The maximum absolute atomic E-state index is 13.8. The summed E-state index contributed by atoms with van der Waals surface area (Å²) in [5, 5.41) is 2.75. The first-order valence-electron chi connectivity index (χ1n) is 13.9. The minimum atomic E-state index is -0.573. The predicted octanol–water partition coefficient (Wildman–Crippen LogP) is 4.11. The number of ether oxygens (including phenoxy) is 1. The van der Waals surface area contributed by atoms with E-state index in [1.54, 1.807) is 17.0 Å². The van der Waals surface area contributed by atoms with E-state index in [2.05, 4.69) is 64.5 Å². The number of aromatic nitrogens is 1. The summed E-state index contributed by atoms with van der Waals surface area (Å²) in [4.78, 5) is 48.9. The number of amides is 3. The highest BCUT2D eigenvalue weighted by atomic mass is 16.5. The molecule has 9 heteroatoms. The van der Waals surface area contributed by atoms with Crippen molar-refractivity contribution in [1.29, 1.82) is 0 Å². The Morgan fingerprint density at radius 3 is 2.38 bits per heavy atom. The van der Waals surface area contributed by atoms with Crippen molar-refractivity contribution in [3.63, 3.8) is 0 Å². The molecule has 39 heavy (non-hydrogen) atoms. The number of urea groups is 1. The van der Waals surface area contributed by atoms with Crippen LogP contribution in [-0.4, -0.2) is 84.0 Å². The molecule has 3 aliphatic rings. The van der Waals surface area contributed by atoms with E-state index in [9.17, 15) is 14.4 Å². The van der Waals surface area contributed by atoms with Crippen LogP contribution in [0.15, 0.2) is 48.5 Å². The van der Waals surface area contributed by atoms with E-state index >= 15 is 0 Å². The van der Waals surface area contributed by atoms with Gasteiger partial charge in [0.1, 0.15) is 12.4 Å². The predicted molar refractivity (Wildman–Crippen MR) is 148 cm³/mol. The molecule has 0 radical (unpaired) electrons. The largest absolute Gasteiger partial charge is 0.464 e. The highest BCUT2D eigenvalue weighted by Crippen LogP contribution is 2.49. The average Bonchev–Trinajstić information content (AvgIpc) is 3.16. The Morgan fingerprint density at radius 2 is 1.77 bits per heavy atom. The summed E-state index contributed by atoms with van der Waals surface area (Å²) in [5.41, 5.74) is 1.09. The van der Waals surface area contributed by atoms with Gasteiger partial charge in [-0.25, -0.2) is 14.6 Å². The Balaban J connectivity index is 1.32. The second-order valence-corrected chi connectivity index (χ2v) is 11.5. The third kappa shape index (κ3) is 5.24. The van der Waals surface area contributed by atoms with Crippen molar-refractivity contribution in [2.45, 2.75) is 56.0 Å². The van der Waals surface area contributed by atoms with Crippen LogP contribution in [0.25, 0.3) is 0 Å². The third-order valence-corrected chi connectivity index (χ3v) is 9.15. The molecule has 2 saturated carbocycles. The SMILES string of the molecule is COC(=O)c1cccc(NC(=O)CN2CC3(CCC(c4ccccc4)(N(C)C)CC3)N(CC3CCC3)C2=O)n1. The highest BCUT2D eigenvalue weighted by molar-refractivity contribution is 5.95. The van der Waals surface area contributed by atoms with Crippen molar-refractivity contribution in [3.8, 4) is 0 Å². The quantitative estimate of drug-likeness (QED) is 0.513. The zero-order chi connectivity index (χ0) is 27.6. The molecule has 0 bridgehead atoms. The molecule has 1 aliphatic heterocycles. The van der Waals surface area contributed by atoms with Crippen molar-refractivity contribution >= 4 is 23.7 Å². The Bertz CT molecular complexity index is 1200. The van der Waals surface area contributed by atoms with Crippen LogP contribution < -0.4 is 5.32 Å². The van der Waals surface area contributed by atoms with Gasteiger partial charge < -0.3 is 19.9 Å². The normalized spacial score (nSPS) is 25.2. The average molecular weight is 534 g/mol. The molecule has 1 saturated heterocycles. The van der Waals surface area contributed by atoms with Gasteiger partial charge in [-0.05, 0) is 76.2 Å². The van der Waals surface area contributed by atoms with Gasteiger partial charge in [0.2, 0.25) is 5.91 Å². The molecular weight excluding hydrogens is 494 g/mol. The van der Waals surface area contributed by atoms with Crippen LogP contribution in [0.3, 0.4) is 0 Å². The number of benzene rings is 1. The fourth-order valence-corrected chi connectivity index (χ4v) is 6.59. The lowest BCUT2D eigenvalue weighted by Crippen LogP contribution is -2.56. The lowest BCUT2D eigenvalue weighted by molar-refractivity contribution is -0.116. The molecule has 1 aromatic carbocycles. The summed E-state index contributed by atoms with van der Waals surface area (Å²) in [6.07, 6.45) is 7.22. The smallest absolute Gasteiger partial charge is 0.356 e. The number of hydrogen-bond acceptors (Lipinski definition) is 6. The van der Waals surface area contributed by atoms with Crippen LogP contribution >= 0.6 is 0 Å². The minimum Gasteiger partial charge on any atom is -0.464 e. The number of carbonyl (C=O) groups excluding carboxylic acids is 3. The van der Waals surface area contributed by atoms with E-state index in [1.165, 1.54) is 25.2 Å². The van der Waals surface area contributed by atoms with Crippen LogP contribution in [-0.2, 0) is 15.1 Å². The molecule has 9 nitrogen and oxygen atoms in total. The van der Waals surface area contributed by atoms with E-state index in [0.717, 1.165) is 45.1 Å². The summed E-state index contributed by atoms with van der Waals surface area (Å²) in [5.74, 6) is -0.108. The molecule has 5 rings (SSSR count). The molecule has 3 amide bonds. The van der Waals surface area contributed by atoms with Crippen molar-refractivity contribution in [3.05, 3.63) is 59.8 Å². The molecule has 3 fully saturated rings. The maximum Gasteiger partial charge on any atom is 0.356 e. The maximum atomic E-state index is 13.8. The molecular formula is C30H39N5O4. The Labute approximate surface area is 230 Å². The monoisotopic (exact) mass is 533 g/mol. The Kier molecular flexibility index (Phi) is 7.62. The summed E-state index contributed by atoms with van der Waals surface area (Å²) < 4.78 is 4.72. The highest BCUT2D eigenvalue weighted by Gasteiger charge is 2.55. The number of nitrogens with zero attached hydrogens (tertiary/aromatic N) is 4. The zero-order valence-corrected chi connectivity index (χ0v) is 23.2. The number of methoxy groups -OCH3 is 1. The topological polar surface area (TPSA) is 95.1 Å². The van der Waals surface area contributed by atoms with Crippen molar-refractivity contribution < 1.29 is 19.1 Å². The van der Waals surface area contributed by atoms with Gasteiger partial charge in [0.05, 0.1) is 12.6 Å². The van der Waals surface area contributed by atoms with E-state index in [-0.39, 0.29) is 41.1 Å². The number of anilines is 1. The first-order chi connectivity index (χ1) is 18.8. The molecule has 2 heterocycles. The minimum absolute atomic E-state index is 0.0506. The fraction of sp³-hybridized carbons (Fsp3) is 0.533. The number of esters is 1. The van der Waals surface area contributed by atoms with E-state index < -0.39 is 5.97 Å². The number of nitrogens with one attached hydrogen (secondary N) is 1. The van der Waals surface area contributed by atoms with Gasteiger partial charge >= 0.3 is 12.0 Å². The second kappa shape index (κ2) is 11.0. The van der Waals surface area contributed by atoms with Gasteiger partial charge in [-0.15, -0.1) is 0 Å². The van der Waals surface area contributed by atoms with Gasteiger partial charge in [0.25, 0.3) is 0 Å². The summed E-state index contributed by atoms with van der Waals surface area (Å²) >= 11 is 0. The lowest BCUT2D eigenvalue weighted by atomic mass is 9.68. The van der Waals surface area contributed by atoms with Gasteiger partial charge in [-0.2, -0.15) is 0 Å². The van der Waals surface area contributed by atoms with Gasteiger partial charge in [-0.1, -0.05) is 42.8 Å². The molecule has 1 N–H and O–H groups in total. The first-order valence-corrected chi connectivity index (χ1v) is 13.9. The molecule has 2 aromatic rings. The third-order valence-electron chi connectivity index (χ3n) is 9.15. The van der Waals surface area contributed by atoms with Crippen LogP contribution in [0.5, 0.6) is 0 Å². The molecule has 1 aromatic heterocycles. The molecule has 0 unspecified atom stereocenters. The second-order valence-electron chi connectivity index (χ2n) is 11.5. The number of pyridine rings is 1. The summed E-state index contributed by atoms with van der Waals surface area (Å²) in [7, 11) is 5.58. The van der Waals surface area contributed by atoms with Crippen molar-refractivity contribution in [2.24, 2.45) is 5.92 Å². The van der Waals surface area contributed by atoms with E-state index in [1.807, 2.05) is 0 Å². The molecule has 0 atom stereocenters. The fourth-order valence-electron chi connectivity index (χ4n) is 6.59. The van der Waals surface area contributed by atoms with Crippen LogP contribution in [0.2, 0.25) is 0 Å². The molecule has 2 aliphatic carbocycles. The van der Waals surface area contributed by atoms with Crippen LogP contribution in [0.4, 0.5) is 10.6 Å². The Morgan fingerprint density at radius 1 is 1.05 bits per heavy atom. The van der Waals surface area contributed by atoms with Crippen molar-refractivity contribution in [2.75, 3.05) is 46.2 Å². The Hall–Kier alpha value is -3.46. The van der Waals surface area contributed by atoms with Gasteiger partial charge in [0.15, 0.2) is 5.69 Å². The van der Waals surface area contributed by atoms with E-state index in [4.69, 9.17) is 4.74 Å². The first kappa shape index (κ1) is 27.1. The lowest BCUT2D eigenvalue weighted by Gasteiger charge is -2.51. The van der Waals surface area contributed by atoms with Crippen LogP contribution in [0.1, 0.15) is 61.0 Å². The van der Waals surface area contributed by atoms with E-state index in [0.29, 0.717) is 12.5 Å². The summed E-state index contributed by atoms with van der Waals surface area (Å²) in [6.45, 7) is 1.25. The number of rotatable bonds is 8. The number of carbonyl (C=O) groups is 3. The standard InChI is InChI=1S/C30H39N5O4/c1-33(2)30(23-11-5-4-6-12-23)17-15-29(16-18-30)21-34(28(38)35(29)19-22-9-7-10-22)20-26(36)32-25-14-8-13-24(31-25)27(37)39-3/h4-6,8,11-14,22H,7,9-10,15-21H2,1-3H3,(H,31,32,36). The van der Waals surface area contributed by atoms with Gasteiger partial charge in [-0.3, -0.25) is 9.69 Å². The van der Waals surface area contributed by atoms with Gasteiger partial charge in [0, 0.05) is 18.6 Å². The number of hydrogen-bond donors (Lipinski definition) is 1. The molecule has 1 spiro atoms. The zero-order valence-electron chi connectivity index (χ0n) is 23.2.